The van der Waals surface area contributed by atoms with Crippen molar-refractivity contribution in [3.8, 4) is 0 Å². The number of pyridine rings is 1. The van der Waals surface area contributed by atoms with Gasteiger partial charge >= 0.3 is 0 Å². The molecule has 0 spiro atoms. The van der Waals surface area contributed by atoms with Gasteiger partial charge in [0.1, 0.15) is 11.5 Å². The lowest BCUT2D eigenvalue weighted by atomic mass is 10.1. The molecule has 2 aliphatic rings. The number of aromatic nitrogens is 3. The van der Waals surface area contributed by atoms with Gasteiger partial charge in [-0.3, -0.25) is 9.78 Å². The summed E-state index contributed by atoms with van der Waals surface area (Å²) in [7, 11) is 0. The molecule has 0 unspecified atom stereocenters. The highest BCUT2D eigenvalue weighted by atomic mass is 16.2. The lowest BCUT2D eigenvalue weighted by Crippen LogP contribution is -2.49. The third-order valence-electron chi connectivity index (χ3n) is 5.24. The molecule has 142 valence electrons. The molecule has 0 atom stereocenters. The summed E-state index contributed by atoms with van der Waals surface area (Å²) >= 11 is 0. The van der Waals surface area contributed by atoms with Crippen LogP contribution in [0.25, 0.3) is 0 Å². The molecule has 27 heavy (non-hydrogen) atoms. The van der Waals surface area contributed by atoms with Gasteiger partial charge in [-0.05, 0) is 38.3 Å². The van der Waals surface area contributed by atoms with Crippen molar-refractivity contribution in [1.82, 2.24) is 19.9 Å². The van der Waals surface area contributed by atoms with Gasteiger partial charge in [0.2, 0.25) is 5.95 Å². The van der Waals surface area contributed by atoms with Crippen molar-refractivity contribution >= 4 is 17.7 Å². The summed E-state index contributed by atoms with van der Waals surface area (Å²) < 4.78 is 0. The van der Waals surface area contributed by atoms with E-state index >= 15 is 0 Å². The number of carbonyl (C=O) groups is 1. The molecule has 0 aromatic carbocycles. The molecule has 2 saturated heterocycles. The highest BCUT2D eigenvalue weighted by molar-refractivity contribution is 5.92. The molecular weight excluding hydrogens is 340 g/mol. The Morgan fingerprint density at radius 3 is 2.41 bits per heavy atom. The lowest BCUT2D eigenvalue weighted by Gasteiger charge is -2.36. The van der Waals surface area contributed by atoms with Gasteiger partial charge in [-0.2, -0.15) is 4.98 Å². The first-order valence-corrected chi connectivity index (χ1v) is 9.76. The Hall–Kier alpha value is -2.70. The molecule has 0 saturated carbocycles. The van der Waals surface area contributed by atoms with Crippen molar-refractivity contribution in [1.29, 1.82) is 0 Å². The first-order valence-electron chi connectivity index (χ1n) is 9.76. The molecule has 4 rings (SSSR count). The molecule has 2 aromatic rings. The van der Waals surface area contributed by atoms with Gasteiger partial charge < -0.3 is 14.7 Å². The van der Waals surface area contributed by atoms with Crippen LogP contribution in [0.2, 0.25) is 0 Å². The van der Waals surface area contributed by atoms with Gasteiger partial charge in [0.15, 0.2) is 0 Å². The van der Waals surface area contributed by atoms with Gasteiger partial charge in [-0.25, -0.2) is 4.98 Å². The van der Waals surface area contributed by atoms with Crippen molar-refractivity contribution in [2.75, 3.05) is 49.1 Å². The van der Waals surface area contributed by atoms with E-state index in [1.807, 2.05) is 30.0 Å². The first-order chi connectivity index (χ1) is 13.2. The van der Waals surface area contributed by atoms with Crippen molar-refractivity contribution in [2.45, 2.75) is 26.2 Å². The number of carbonyl (C=O) groups excluding carboxylic acids is 1. The third kappa shape index (κ3) is 4.02. The number of aryl methyl sites for hydroxylation is 1. The summed E-state index contributed by atoms with van der Waals surface area (Å²) in [4.78, 5) is 32.7. The number of piperazine rings is 1. The smallest absolute Gasteiger partial charge is 0.272 e. The Labute approximate surface area is 160 Å². The first kappa shape index (κ1) is 17.7. The van der Waals surface area contributed by atoms with Crippen LogP contribution in [0.15, 0.2) is 30.5 Å². The normalized spacial score (nSPS) is 17.9. The fourth-order valence-electron chi connectivity index (χ4n) is 3.72. The van der Waals surface area contributed by atoms with Crippen LogP contribution in [0.5, 0.6) is 0 Å². The second kappa shape index (κ2) is 7.90. The van der Waals surface area contributed by atoms with Crippen LogP contribution in [-0.4, -0.2) is 65.0 Å². The van der Waals surface area contributed by atoms with E-state index in [-0.39, 0.29) is 5.91 Å². The third-order valence-corrected chi connectivity index (χ3v) is 5.24. The second-order valence-corrected chi connectivity index (χ2v) is 7.21. The second-order valence-electron chi connectivity index (χ2n) is 7.21. The fraction of sp³-hybridized carbons (Fsp3) is 0.500. The van der Waals surface area contributed by atoms with Gasteiger partial charge in [0.05, 0.1) is 0 Å². The van der Waals surface area contributed by atoms with Gasteiger partial charge in [-0.1, -0.05) is 6.07 Å². The summed E-state index contributed by atoms with van der Waals surface area (Å²) in [5.74, 6) is 1.81. The molecule has 0 bridgehead atoms. The Bertz CT molecular complexity index is 782. The molecule has 0 N–H and O–H groups in total. The van der Waals surface area contributed by atoms with Crippen LogP contribution in [0.4, 0.5) is 11.8 Å². The minimum absolute atomic E-state index is 0.00289. The SMILES string of the molecule is Cc1cc(N2CCN(C(=O)c3ccccn3)CC2)nc(N2CCCCC2)n1. The quantitative estimate of drug-likeness (QED) is 0.829. The molecule has 4 heterocycles. The maximum atomic E-state index is 12.6. The van der Waals surface area contributed by atoms with Crippen LogP contribution in [0, 0.1) is 6.92 Å². The molecule has 0 aliphatic carbocycles. The Balaban J connectivity index is 1.43. The van der Waals surface area contributed by atoms with Crippen molar-refractivity contribution < 1.29 is 4.79 Å². The van der Waals surface area contributed by atoms with Crippen LogP contribution in [0.3, 0.4) is 0 Å². The largest absolute Gasteiger partial charge is 0.353 e. The van der Waals surface area contributed by atoms with Crippen LogP contribution in [-0.2, 0) is 0 Å². The topological polar surface area (TPSA) is 65.5 Å². The van der Waals surface area contributed by atoms with Crippen LogP contribution < -0.4 is 9.80 Å². The fourth-order valence-corrected chi connectivity index (χ4v) is 3.72. The monoisotopic (exact) mass is 366 g/mol. The van der Waals surface area contributed by atoms with E-state index in [0.29, 0.717) is 18.8 Å². The number of piperidine rings is 1. The maximum Gasteiger partial charge on any atom is 0.272 e. The van der Waals surface area contributed by atoms with Crippen LogP contribution in [0.1, 0.15) is 35.4 Å². The van der Waals surface area contributed by atoms with E-state index in [1.165, 1.54) is 19.3 Å². The zero-order valence-electron chi connectivity index (χ0n) is 15.8. The van der Waals surface area contributed by atoms with Crippen molar-refractivity contribution in [2.24, 2.45) is 0 Å². The van der Waals surface area contributed by atoms with E-state index in [0.717, 1.165) is 43.6 Å². The van der Waals surface area contributed by atoms with Gasteiger partial charge in [0, 0.05) is 57.2 Å². The van der Waals surface area contributed by atoms with Crippen molar-refractivity contribution in [3.05, 3.63) is 41.9 Å². The maximum absolute atomic E-state index is 12.6. The molecule has 2 fully saturated rings. The number of anilines is 2. The highest BCUT2D eigenvalue weighted by Gasteiger charge is 2.24. The Morgan fingerprint density at radius 2 is 1.70 bits per heavy atom. The minimum Gasteiger partial charge on any atom is -0.353 e. The molecular formula is C20H26N6O. The average molecular weight is 366 g/mol. The summed E-state index contributed by atoms with van der Waals surface area (Å²) in [6.45, 7) is 7.00. The number of amides is 1. The van der Waals surface area contributed by atoms with E-state index in [4.69, 9.17) is 4.98 Å². The number of rotatable bonds is 3. The minimum atomic E-state index is 0.00289. The van der Waals surface area contributed by atoms with Crippen molar-refractivity contribution in [3.63, 3.8) is 0 Å². The standard InChI is InChI=1S/C20H26N6O/c1-16-15-18(23-20(22-16)26-9-5-2-6-10-26)24-11-13-25(14-12-24)19(27)17-7-3-4-8-21-17/h3-4,7-8,15H,2,5-6,9-14H2,1H3. The van der Waals surface area contributed by atoms with E-state index in [9.17, 15) is 4.79 Å². The Morgan fingerprint density at radius 1 is 0.926 bits per heavy atom. The van der Waals surface area contributed by atoms with E-state index in [1.54, 1.807) is 12.3 Å². The predicted octanol–water partition coefficient (Wildman–Crippen LogP) is 2.13. The molecule has 2 aromatic heterocycles. The van der Waals surface area contributed by atoms with E-state index < -0.39 is 0 Å². The summed E-state index contributed by atoms with van der Waals surface area (Å²) in [5.41, 5.74) is 1.50. The lowest BCUT2D eigenvalue weighted by molar-refractivity contribution is 0.0740. The molecule has 7 heteroatoms. The van der Waals surface area contributed by atoms with Gasteiger partial charge in [-0.15, -0.1) is 0 Å². The van der Waals surface area contributed by atoms with Gasteiger partial charge in [0.25, 0.3) is 5.91 Å². The number of hydrogen-bond donors (Lipinski definition) is 0. The summed E-state index contributed by atoms with van der Waals surface area (Å²) in [6, 6.07) is 7.49. The summed E-state index contributed by atoms with van der Waals surface area (Å²) in [6.07, 6.45) is 5.37. The van der Waals surface area contributed by atoms with Crippen LogP contribution >= 0.6 is 0 Å². The number of hydrogen-bond acceptors (Lipinski definition) is 6. The molecule has 0 radical (unpaired) electrons. The Kier molecular flexibility index (Phi) is 5.18. The summed E-state index contributed by atoms with van der Waals surface area (Å²) in [5, 5.41) is 0. The molecule has 7 nitrogen and oxygen atoms in total. The predicted molar refractivity (Wildman–Crippen MR) is 105 cm³/mol. The zero-order valence-corrected chi connectivity index (χ0v) is 15.8. The van der Waals surface area contributed by atoms with E-state index in [2.05, 4.69) is 19.8 Å². The average Bonchev–Trinajstić information content (AvgIpc) is 2.74. The highest BCUT2D eigenvalue weighted by Crippen LogP contribution is 2.22. The molecule has 1 amide bonds. The zero-order chi connectivity index (χ0) is 18.6. The number of nitrogens with zero attached hydrogens (tertiary/aromatic N) is 6. The molecule has 2 aliphatic heterocycles.